The van der Waals surface area contributed by atoms with Crippen LogP contribution in [0.15, 0.2) is 23.3 Å². The molecule has 0 fully saturated rings. The van der Waals surface area contributed by atoms with Gasteiger partial charge in [-0.2, -0.15) is 0 Å². The van der Waals surface area contributed by atoms with Crippen molar-refractivity contribution in [1.82, 2.24) is 0 Å². The molecule has 1 aliphatic carbocycles. The second kappa shape index (κ2) is 8.14. The van der Waals surface area contributed by atoms with Gasteiger partial charge in [-0.3, -0.25) is 0 Å². The number of nitrogens with one attached hydrogen (secondary N) is 1. The van der Waals surface area contributed by atoms with Gasteiger partial charge in [-0.15, -0.1) is 0 Å². The standard InChI is InChI=1S/C7H8ClN.2ClH.Co/c1-5-3-2-4-6(8)7(5)9;;;/h2-5,9H,1H3;2*1H;/q;;;+2/p-2. The van der Waals surface area contributed by atoms with Crippen LogP contribution in [-0.2, 0) is 16.8 Å². The van der Waals surface area contributed by atoms with E-state index in [4.69, 9.17) is 17.0 Å². The van der Waals surface area contributed by atoms with Gasteiger partial charge < -0.3 is 30.2 Å². The predicted molar refractivity (Wildman–Crippen MR) is 40.0 cm³/mol. The fraction of sp³-hybridized carbons (Fsp3) is 0.286. The number of hydrogen-bond donors (Lipinski definition) is 1. The molecule has 1 radical (unpaired) electrons. The second-order valence-electron chi connectivity index (χ2n) is 2.10. The number of rotatable bonds is 0. The van der Waals surface area contributed by atoms with Crippen LogP contribution in [0.2, 0.25) is 0 Å². The quantitative estimate of drug-likeness (QED) is 0.470. The second-order valence-corrected chi connectivity index (χ2v) is 2.51. The number of allylic oxidation sites excluding steroid dienone is 4. The maximum atomic E-state index is 7.35. The SMILES string of the molecule is CC1C=CC=C(Cl)C1=N.[Cl-].[Cl-].[Co+2]. The van der Waals surface area contributed by atoms with Crippen LogP contribution in [0.1, 0.15) is 6.92 Å². The molecule has 0 aliphatic heterocycles. The van der Waals surface area contributed by atoms with Crippen molar-refractivity contribution < 1.29 is 41.6 Å². The Labute approximate surface area is 100 Å². The van der Waals surface area contributed by atoms with E-state index in [2.05, 4.69) is 0 Å². The van der Waals surface area contributed by atoms with E-state index in [1.165, 1.54) is 0 Å². The van der Waals surface area contributed by atoms with Gasteiger partial charge in [-0.05, 0) is 6.08 Å². The first-order valence-electron chi connectivity index (χ1n) is 2.84. The van der Waals surface area contributed by atoms with Crippen molar-refractivity contribution in [2.24, 2.45) is 5.92 Å². The third-order valence-corrected chi connectivity index (χ3v) is 1.68. The summed E-state index contributed by atoms with van der Waals surface area (Å²) in [6, 6.07) is 0. The summed E-state index contributed by atoms with van der Waals surface area (Å²) in [6.45, 7) is 1.95. The summed E-state index contributed by atoms with van der Waals surface area (Å²) in [7, 11) is 0. The number of halogens is 3. The fourth-order valence-electron chi connectivity index (χ4n) is 0.710. The minimum atomic E-state index is 0. The summed E-state index contributed by atoms with van der Waals surface area (Å²) < 4.78 is 0. The van der Waals surface area contributed by atoms with Crippen molar-refractivity contribution in [3.05, 3.63) is 23.3 Å². The summed E-state index contributed by atoms with van der Waals surface area (Å²) >= 11 is 5.65. The summed E-state index contributed by atoms with van der Waals surface area (Å²) in [6.07, 6.45) is 5.57. The maximum Gasteiger partial charge on any atom is 2.00 e. The Balaban J connectivity index is -0.000000270. The van der Waals surface area contributed by atoms with Gasteiger partial charge in [0, 0.05) is 5.92 Å². The van der Waals surface area contributed by atoms with Gasteiger partial charge in [-0.25, -0.2) is 0 Å². The van der Waals surface area contributed by atoms with E-state index in [1.54, 1.807) is 6.08 Å². The third-order valence-electron chi connectivity index (χ3n) is 1.35. The molecule has 1 aliphatic rings. The molecule has 1 atom stereocenters. The molecule has 0 amide bonds. The summed E-state index contributed by atoms with van der Waals surface area (Å²) in [5.74, 6) is 0.183. The first kappa shape index (κ1) is 18.3. The Bertz CT molecular complexity index is 201. The molecule has 0 saturated heterocycles. The monoisotopic (exact) mass is 270 g/mol. The van der Waals surface area contributed by atoms with E-state index in [1.807, 2.05) is 19.1 Å². The van der Waals surface area contributed by atoms with Gasteiger partial charge in [0.1, 0.15) is 0 Å². The molecule has 1 unspecified atom stereocenters. The molecular weight excluding hydrogens is 263 g/mol. The van der Waals surface area contributed by atoms with Crippen LogP contribution in [0.5, 0.6) is 0 Å². The summed E-state index contributed by atoms with van der Waals surface area (Å²) in [4.78, 5) is 0. The Hall–Kier alpha value is 0.526. The van der Waals surface area contributed by atoms with E-state index in [0.29, 0.717) is 10.7 Å². The van der Waals surface area contributed by atoms with Crippen LogP contribution in [-0.4, -0.2) is 5.71 Å². The first-order valence-corrected chi connectivity index (χ1v) is 3.22. The van der Waals surface area contributed by atoms with Crippen molar-refractivity contribution in [2.75, 3.05) is 0 Å². The molecule has 1 N–H and O–H groups in total. The minimum absolute atomic E-state index is 0. The van der Waals surface area contributed by atoms with Crippen molar-refractivity contribution in [3.8, 4) is 0 Å². The first-order chi connectivity index (χ1) is 4.22. The van der Waals surface area contributed by atoms with Gasteiger partial charge in [0.05, 0.1) is 10.7 Å². The topological polar surface area (TPSA) is 23.9 Å². The van der Waals surface area contributed by atoms with Crippen molar-refractivity contribution in [2.45, 2.75) is 6.92 Å². The molecule has 0 aromatic heterocycles. The van der Waals surface area contributed by atoms with E-state index in [9.17, 15) is 0 Å². The molecule has 0 aromatic rings. The largest absolute Gasteiger partial charge is 2.00 e. The molecule has 12 heavy (non-hydrogen) atoms. The van der Waals surface area contributed by atoms with Crippen LogP contribution >= 0.6 is 11.6 Å². The van der Waals surface area contributed by atoms with Crippen LogP contribution in [0, 0.1) is 11.3 Å². The molecule has 0 saturated carbocycles. The molecule has 5 heteroatoms. The molecule has 0 bridgehead atoms. The van der Waals surface area contributed by atoms with Gasteiger partial charge in [0.2, 0.25) is 0 Å². The number of hydrogen-bond acceptors (Lipinski definition) is 1. The van der Waals surface area contributed by atoms with E-state index >= 15 is 0 Å². The van der Waals surface area contributed by atoms with Gasteiger partial charge >= 0.3 is 16.8 Å². The Morgan fingerprint density at radius 3 is 2.25 bits per heavy atom. The smallest absolute Gasteiger partial charge is 1.00 e. The molecule has 1 nitrogen and oxygen atoms in total. The maximum absolute atomic E-state index is 7.35. The van der Waals surface area contributed by atoms with Crippen molar-refractivity contribution in [3.63, 3.8) is 0 Å². The normalized spacial score (nSPS) is 19.7. The average Bonchev–Trinajstić information content (AvgIpc) is 1.83. The molecule has 0 spiro atoms. The molecular formula is C7H8Cl3CoN. The molecule has 71 valence electrons. The summed E-state index contributed by atoms with van der Waals surface area (Å²) in [5, 5.41) is 7.91. The Morgan fingerprint density at radius 2 is 1.92 bits per heavy atom. The zero-order chi connectivity index (χ0) is 6.85. The van der Waals surface area contributed by atoms with Crippen LogP contribution in [0.25, 0.3) is 0 Å². The van der Waals surface area contributed by atoms with Crippen LogP contribution in [0.3, 0.4) is 0 Å². The minimum Gasteiger partial charge on any atom is -1.00 e. The molecule has 0 aromatic carbocycles. The van der Waals surface area contributed by atoms with E-state index < -0.39 is 0 Å². The van der Waals surface area contributed by atoms with Gasteiger partial charge in [0.25, 0.3) is 0 Å². The zero-order valence-electron chi connectivity index (χ0n) is 6.28. The van der Waals surface area contributed by atoms with Gasteiger partial charge in [-0.1, -0.05) is 30.7 Å². The predicted octanol–water partition coefficient (Wildman–Crippen LogP) is -3.66. The Morgan fingerprint density at radius 1 is 1.42 bits per heavy atom. The van der Waals surface area contributed by atoms with E-state index in [-0.39, 0.29) is 47.5 Å². The molecule has 0 heterocycles. The fourth-order valence-corrected chi connectivity index (χ4v) is 0.955. The summed E-state index contributed by atoms with van der Waals surface area (Å²) in [5.41, 5.74) is 0.513. The Kier molecular flexibility index (Phi) is 12.4. The van der Waals surface area contributed by atoms with Crippen LogP contribution in [0.4, 0.5) is 0 Å². The third kappa shape index (κ3) is 4.53. The van der Waals surface area contributed by atoms with Crippen LogP contribution < -0.4 is 24.8 Å². The van der Waals surface area contributed by atoms with E-state index in [0.717, 1.165) is 0 Å². The molecule has 1 rings (SSSR count). The van der Waals surface area contributed by atoms with Crippen molar-refractivity contribution in [1.29, 1.82) is 5.41 Å². The van der Waals surface area contributed by atoms with Crippen molar-refractivity contribution >= 4 is 17.3 Å². The average molecular weight is 271 g/mol. The van der Waals surface area contributed by atoms with Gasteiger partial charge in [0.15, 0.2) is 0 Å². The zero-order valence-corrected chi connectivity index (χ0v) is 9.59.